The average Bonchev–Trinajstić information content (AvgIpc) is 2.99. The van der Waals surface area contributed by atoms with E-state index in [-0.39, 0.29) is 0 Å². The van der Waals surface area contributed by atoms with Crippen LogP contribution in [0.4, 0.5) is 11.5 Å². The van der Waals surface area contributed by atoms with Crippen molar-refractivity contribution >= 4 is 33.6 Å². The third-order valence-corrected chi connectivity index (χ3v) is 3.53. The van der Waals surface area contributed by atoms with Crippen molar-refractivity contribution in [2.45, 2.75) is 6.92 Å². The standard InChI is InChI=1S/C15H14N6/c1-7-18-14-10(6-13(17)21-15(14)19-7)12-5-8-4-9(16)2-3-11(8)20-12/h2-6,20H,16H2,1H3,(H3,17,18,19,21). The molecule has 1 aromatic carbocycles. The second kappa shape index (κ2) is 3.99. The molecule has 0 aliphatic carbocycles. The molecule has 0 spiro atoms. The number of hydrogen-bond donors (Lipinski definition) is 4. The number of pyridine rings is 1. The summed E-state index contributed by atoms with van der Waals surface area (Å²) in [5.74, 6) is 1.27. The van der Waals surface area contributed by atoms with Gasteiger partial charge in [-0.1, -0.05) is 0 Å². The highest BCUT2D eigenvalue weighted by molar-refractivity contribution is 5.95. The molecule has 0 saturated carbocycles. The van der Waals surface area contributed by atoms with Crippen LogP contribution in [0.2, 0.25) is 0 Å². The van der Waals surface area contributed by atoms with Crippen LogP contribution in [0.3, 0.4) is 0 Å². The maximum absolute atomic E-state index is 5.90. The number of nitrogens with zero attached hydrogens (tertiary/aromatic N) is 2. The monoisotopic (exact) mass is 278 g/mol. The van der Waals surface area contributed by atoms with Crippen LogP contribution in [0.5, 0.6) is 0 Å². The Morgan fingerprint density at radius 1 is 1.00 bits per heavy atom. The zero-order chi connectivity index (χ0) is 14.6. The highest BCUT2D eigenvalue weighted by Gasteiger charge is 2.12. The Bertz CT molecular complexity index is 979. The van der Waals surface area contributed by atoms with Crippen molar-refractivity contribution < 1.29 is 0 Å². The first kappa shape index (κ1) is 11.8. The summed E-state index contributed by atoms with van der Waals surface area (Å²) in [4.78, 5) is 15.3. The van der Waals surface area contributed by atoms with E-state index < -0.39 is 0 Å². The van der Waals surface area contributed by atoms with Gasteiger partial charge in [-0.05, 0) is 37.3 Å². The summed E-state index contributed by atoms with van der Waals surface area (Å²) in [7, 11) is 0. The molecule has 104 valence electrons. The van der Waals surface area contributed by atoms with Crippen LogP contribution in [-0.2, 0) is 0 Å². The van der Waals surface area contributed by atoms with Crippen molar-refractivity contribution in [2.24, 2.45) is 0 Å². The van der Waals surface area contributed by atoms with Gasteiger partial charge < -0.3 is 21.4 Å². The third kappa shape index (κ3) is 1.80. The lowest BCUT2D eigenvalue weighted by Gasteiger charge is -2.01. The highest BCUT2D eigenvalue weighted by Crippen LogP contribution is 2.30. The molecule has 4 aromatic rings. The van der Waals surface area contributed by atoms with Gasteiger partial charge >= 0.3 is 0 Å². The van der Waals surface area contributed by atoms with Crippen molar-refractivity contribution in [1.82, 2.24) is 19.9 Å². The topological polar surface area (TPSA) is 109 Å². The number of aromatic nitrogens is 4. The molecule has 6 N–H and O–H groups in total. The Balaban J connectivity index is 2.03. The predicted octanol–water partition coefficient (Wildman–Crippen LogP) is 2.58. The first-order valence-electron chi connectivity index (χ1n) is 6.61. The maximum atomic E-state index is 5.90. The number of hydrogen-bond acceptors (Lipinski definition) is 4. The molecule has 0 aliphatic rings. The molecule has 0 atom stereocenters. The number of aryl methyl sites for hydroxylation is 1. The Morgan fingerprint density at radius 2 is 1.86 bits per heavy atom. The normalized spacial score (nSPS) is 11.5. The largest absolute Gasteiger partial charge is 0.399 e. The van der Waals surface area contributed by atoms with Crippen LogP contribution in [0.1, 0.15) is 5.82 Å². The van der Waals surface area contributed by atoms with Gasteiger partial charge in [0, 0.05) is 27.8 Å². The molecule has 6 heteroatoms. The van der Waals surface area contributed by atoms with E-state index in [2.05, 4.69) is 19.9 Å². The van der Waals surface area contributed by atoms with Crippen LogP contribution in [0, 0.1) is 6.92 Å². The lowest BCUT2D eigenvalue weighted by atomic mass is 10.1. The summed E-state index contributed by atoms with van der Waals surface area (Å²) in [5.41, 5.74) is 16.9. The molecule has 0 saturated heterocycles. The van der Waals surface area contributed by atoms with Gasteiger partial charge in [0.05, 0.1) is 0 Å². The van der Waals surface area contributed by atoms with E-state index in [1.807, 2.05) is 37.3 Å². The molecule has 6 nitrogen and oxygen atoms in total. The van der Waals surface area contributed by atoms with Crippen LogP contribution >= 0.6 is 0 Å². The van der Waals surface area contributed by atoms with Crippen molar-refractivity contribution in [2.75, 3.05) is 11.5 Å². The Kier molecular flexibility index (Phi) is 2.24. The summed E-state index contributed by atoms with van der Waals surface area (Å²) >= 11 is 0. The van der Waals surface area contributed by atoms with E-state index in [0.717, 1.165) is 39.2 Å². The van der Waals surface area contributed by atoms with E-state index in [1.165, 1.54) is 0 Å². The number of imidazole rings is 1. The minimum Gasteiger partial charge on any atom is -0.399 e. The van der Waals surface area contributed by atoms with E-state index in [0.29, 0.717) is 11.5 Å². The first-order valence-corrected chi connectivity index (χ1v) is 6.61. The predicted molar refractivity (Wildman–Crippen MR) is 84.7 cm³/mol. The van der Waals surface area contributed by atoms with E-state index in [9.17, 15) is 0 Å². The molecule has 0 unspecified atom stereocenters. The summed E-state index contributed by atoms with van der Waals surface area (Å²) in [5, 5.41) is 1.06. The van der Waals surface area contributed by atoms with Crippen molar-refractivity contribution in [3.63, 3.8) is 0 Å². The minimum absolute atomic E-state index is 0.458. The van der Waals surface area contributed by atoms with E-state index in [4.69, 9.17) is 11.5 Å². The summed E-state index contributed by atoms with van der Waals surface area (Å²) in [6, 6.07) is 9.65. The number of aromatic amines is 2. The lowest BCUT2D eigenvalue weighted by Crippen LogP contribution is -1.92. The molecule has 4 rings (SSSR count). The molecule has 3 heterocycles. The fourth-order valence-corrected chi connectivity index (χ4v) is 2.63. The highest BCUT2D eigenvalue weighted by atomic mass is 15.0. The zero-order valence-corrected chi connectivity index (χ0v) is 11.4. The quantitative estimate of drug-likeness (QED) is 0.401. The van der Waals surface area contributed by atoms with Gasteiger partial charge in [0.1, 0.15) is 17.2 Å². The van der Waals surface area contributed by atoms with Crippen LogP contribution in [-0.4, -0.2) is 19.9 Å². The van der Waals surface area contributed by atoms with Crippen molar-refractivity contribution in [1.29, 1.82) is 0 Å². The number of H-pyrrole nitrogens is 2. The smallest absolute Gasteiger partial charge is 0.160 e. The molecule has 3 aromatic heterocycles. The van der Waals surface area contributed by atoms with Crippen LogP contribution in [0.25, 0.3) is 33.3 Å². The fraction of sp³-hybridized carbons (Fsp3) is 0.0667. The molecule has 0 radical (unpaired) electrons. The number of benzene rings is 1. The number of anilines is 2. The third-order valence-electron chi connectivity index (χ3n) is 3.53. The Labute approximate surface area is 120 Å². The SMILES string of the molecule is Cc1nc2c(-c3cc4cc(N)ccc4[nH]3)cc(N)nc2[nH]1. The Hall–Kier alpha value is -3.02. The van der Waals surface area contributed by atoms with Gasteiger partial charge in [-0.15, -0.1) is 0 Å². The molecular weight excluding hydrogens is 264 g/mol. The van der Waals surface area contributed by atoms with Gasteiger partial charge in [-0.25, -0.2) is 9.97 Å². The van der Waals surface area contributed by atoms with Crippen molar-refractivity contribution in [3.05, 3.63) is 36.2 Å². The molecule has 0 aliphatic heterocycles. The van der Waals surface area contributed by atoms with Gasteiger partial charge in [-0.3, -0.25) is 0 Å². The number of nitrogen functional groups attached to an aromatic ring is 2. The number of nitrogens with two attached hydrogens (primary N) is 2. The number of nitrogens with one attached hydrogen (secondary N) is 2. The zero-order valence-electron chi connectivity index (χ0n) is 11.4. The summed E-state index contributed by atoms with van der Waals surface area (Å²) in [6.45, 7) is 1.90. The van der Waals surface area contributed by atoms with E-state index >= 15 is 0 Å². The van der Waals surface area contributed by atoms with Crippen LogP contribution < -0.4 is 11.5 Å². The van der Waals surface area contributed by atoms with Gasteiger partial charge in [0.15, 0.2) is 5.65 Å². The molecule has 0 bridgehead atoms. The second-order valence-corrected chi connectivity index (χ2v) is 5.14. The first-order chi connectivity index (χ1) is 10.1. The summed E-state index contributed by atoms with van der Waals surface area (Å²) in [6.07, 6.45) is 0. The fourth-order valence-electron chi connectivity index (χ4n) is 2.63. The lowest BCUT2D eigenvalue weighted by molar-refractivity contribution is 1.16. The number of rotatable bonds is 1. The average molecular weight is 278 g/mol. The molecule has 0 amide bonds. The molecular formula is C15H14N6. The van der Waals surface area contributed by atoms with Gasteiger partial charge in [0.25, 0.3) is 0 Å². The van der Waals surface area contributed by atoms with Crippen molar-refractivity contribution in [3.8, 4) is 11.3 Å². The van der Waals surface area contributed by atoms with E-state index in [1.54, 1.807) is 0 Å². The van der Waals surface area contributed by atoms with Crippen LogP contribution in [0.15, 0.2) is 30.3 Å². The minimum atomic E-state index is 0.458. The van der Waals surface area contributed by atoms with Gasteiger partial charge in [-0.2, -0.15) is 0 Å². The Morgan fingerprint density at radius 3 is 2.71 bits per heavy atom. The molecule has 0 fully saturated rings. The van der Waals surface area contributed by atoms with Gasteiger partial charge in [0.2, 0.25) is 0 Å². The summed E-state index contributed by atoms with van der Waals surface area (Å²) < 4.78 is 0. The maximum Gasteiger partial charge on any atom is 0.160 e. The molecule has 21 heavy (non-hydrogen) atoms. The number of fused-ring (bicyclic) bond motifs is 2. The second-order valence-electron chi connectivity index (χ2n) is 5.14.